The van der Waals surface area contributed by atoms with Gasteiger partial charge < -0.3 is 4.90 Å². The van der Waals surface area contributed by atoms with Crippen molar-refractivity contribution in [3.63, 3.8) is 0 Å². The number of hydrogen-bond donors (Lipinski definition) is 0. The summed E-state index contributed by atoms with van der Waals surface area (Å²) in [7, 11) is -0.449. The van der Waals surface area contributed by atoms with Crippen molar-refractivity contribution in [3.05, 3.63) is 41.0 Å². The number of carbonyl (C=O) groups excluding carboxylic acids is 1. The molecule has 3 fully saturated rings. The van der Waals surface area contributed by atoms with Crippen LogP contribution in [0.15, 0.2) is 40.3 Å². The van der Waals surface area contributed by atoms with Gasteiger partial charge in [0.1, 0.15) is 0 Å². The van der Waals surface area contributed by atoms with Gasteiger partial charge in [-0.05, 0) is 62.8 Å². The molecule has 2 aliphatic heterocycles. The molecular weight excluding hydrogens is 336 g/mol. The summed E-state index contributed by atoms with van der Waals surface area (Å²) < 4.78 is 25.5. The van der Waals surface area contributed by atoms with Crippen LogP contribution >= 0.6 is 0 Å². The number of fused-ring (bicyclic) bond motifs is 2. The number of rotatable bonds is 3. The van der Waals surface area contributed by atoms with Crippen molar-refractivity contribution in [2.24, 2.45) is 0 Å². The van der Waals surface area contributed by atoms with Crippen LogP contribution in [-0.4, -0.2) is 49.7 Å². The Morgan fingerprint density at radius 1 is 1.00 bits per heavy atom. The molecule has 1 aromatic carbocycles. The minimum Gasteiger partial charge on any atom is -0.332 e. The van der Waals surface area contributed by atoms with Crippen LogP contribution in [0.2, 0.25) is 0 Å². The first-order valence-electron chi connectivity index (χ1n) is 8.93. The maximum Gasteiger partial charge on any atom is 0.254 e. The number of nitrogens with zero attached hydrogens (tertiary/aromatic N) is 2. The number of piperidine rings is 1. The summed E-state index contributed by atoms with van der Waals surface area (Å²) in [5, 5.41) is 0. The maximum absolute atomic E-state index is 13.0. The molecule has 2 unspecified atom stereocenters. The monoisotopic (exact) mass is 360 g/mol. The fourth-order valence-corrected chi connectivity index (χ4v) is 5.08. The van der Waals surface area contributed by atoms with E-state index in [1.54, 1.807) is 23.3 Å². The Hall–Kier alpha value is -1.66. The average molecular weight is 360 g/mol. The Balaban J connectivity index is 1.55. The highest BCUT2D eigenvalue weighted by Crippen LogP contribution is 2.45. The van der Waals surface area contributed by atoms with Gasteiger partial charge in [-0.1, -0.05) is 11.1 Å². The van der Waals surface area contributed by atoms with Crippen molar-refractivity contribution >= 4 is 15.9 Å². The molecule has 2 bridgehead atoms. The van der Waals surface area contributed by atoms with Gasteiger partial charge in [-0.15, -0.1) is 0 Å². The van der Waals surface area contributed by atoms with E-state index in [0.29, 0.717) is 17.6 Å². The summed E-state index contributed by atoms with van der Waals surface area (Å²) in [5.74, 6) is 0.0427. The minimum atomic E-state index is -3.46. The molecule has 2 heterocycles. The Bertz CT molecular complexity index is 818. The van der Waals surface area contributed by atoms with E-state index in [1.807, 2.05) is 0 Å². The summed E-state index contributed by atoms with van der Waals surface area (Å²) >= 11 is 0. The lowest BCUT2D eigenvalue weighted by molar-refractivity contribution is 0.0634. The summed E-state index contributed by atoms with van der Waals surface area (Å²) in [4.78, 5) is 15.3. The van der Waals surface area contributed by atoms with E-state index in [9.17, 15) is 13.2 Å². The summed E-state index contributed by atoms with van der Waals surface area (Å²) in [6.07, 6.45) is 6.74. The summed E-state index contributed by atoms with van der Waals surface area (Å²) in [6.45, 7) is 0. The van der Waals surface area contributed by atoms with Crippen molar-refractivity contribution in [2.75, 3.05) is 14.1 Å². The molecule has 1 aliphatic carbocycles. The quantitative estimate of drug-likeness (QED) is 0.779. The molecule has 0 aromatic heterocycles. The van der Waals surface area contributed by atoms with Crippen LogP contribution < -0.4 is 0 Å². The molecular formula is C19H24N2O3S. The van der Waals surface area contributed by atoms with Crippen molar-refractivity contribution in [3.8, 4) is 0 Å². The smallest absolute Gasteiger partial charge is 0.254 e. The molecule has 3 aliphatic rings. The molecule has 0 radical (unpaired) electrons. The second kappa shape index (κ2) is 5.95. The highest BCUT2D eigenvalue weighted by atomic mass is 32.2. The SMILES string of the molecule is CN(C)S(=O)(=O)c1ccc(C(=O)N2C3CCC2CC(=C2CC2)C3)cc1. The van der Waals surface area contributed by atoms with Crippen LogP contribution in [0.4, 0.5) is 0 Å². The molecule has 1 saturated carbocycles. The molecule has 1 aromatic rings. The molecule has 0 spiro atoms. The van der Waals surface area contributed by atoms with Crippen molar-refractivity contribution < 1.29 is 13.2 Å². The van der Waals surface area contributed by atoms with Gasteiger partial charge in [-0.2, -0.15) is 0 Å². The molecule has 1 amide bonds. The third-order valence-electron chi connectivity index (χ3n) is 5.70. The van der Waals surface area contributed by atoms with Crippen molar-refractivity contribution in [1.29, 1.82) is 0 Å². The number of carbonyl (C=O) groups is 1. The van der Waals surface area contributed by atoms with Crippen LogP contribution in [0.25, 0.3) is 0 Å². The van der Waals surface area contributed by atoms with Crippen LogP contribution in [-0.2, 0) is 10.0 Å². The zero-order chi connectivity index (χ0) is 17.8. The Labute approximate surface area is 149 Å². The third kappa shape index (κ3) is 2.91. The van der Waals surface area contributed by atoms with Gasteiger partial charge >= 0.3 is 0 Å². The second-order valence-electron chi connectivity index (χ2n) is 7.52. The van der Waals surface area contributed by atoms with Gasteiger partial charge in [0.15, 0.2) is 0 Å². The highest BCUT2D eigenvalue weighted by Gasteiger charge is 2.42. The molecule has 2 atom stereocenters. The first-order valence-corrected chi connectivity index (χ1v) is 10.4. The van der Waals surface area contributed by atoms with E-state index in [2.05, 4.69) is 4.90 Å². The predicted molar refractivity (Wildman–Crippen MR) is 95.8 cm³/mol. The maximum atomic E-state index is 13.0. The third-order valence-corrected chi connectivity index (χ3v) is 7.53. The van der Waals surface area contributed by atoms with E-state index in [4.69, 9.17) is 0 Å². The lowest BCUT2D eigenvalue weighted by atomic mass is 9.95. The molecule has 0 N–H and O–H groups in total. The zero-order valence-corrected chi connectivity index (χ0v) is 15.6. The summed E-state index contributed by atoms with van der Waals surface area (Å²) in [5.41, 5.74) is 3.81. The van der Waals surface area contributed by atoms with E-state index in [-0.39, 0.29) is 10.8 Å². The normalized spacial score (nSPS) is 25.6. The van der Waals surface area contributed by atoms with Crippen LogP contribution in [0, 0.1) is 0 Å². The number of sulfonamides is 1. The molecule has 2 saturated heterocycles. The second-order valence-corrected chi connectivity index (χ2v) is 9.68. The average Bonchev–Trinajstić information content (AvgIpc) is 3.40. The lowest BCUT2D eigenvalue weighted by Crippen LogP contribution is -2.44. The van der Waals surface area contributed by atoms with Gasteiger partial charge in [0.2, 0.25) is 10.0 Å². The fourth-order valence-electron chi connectivity index (χ4n) is 4.18. The standard InChI is InChI=1S/C19H24N2O3S/c1-20(2)25(23,24)18-9-5-14(6-10-18)19(22)21-16-7-8-17(21)12-15(11-16)13-3-4-13/h5-6,9-10,16-17H,3-4,7-8,11-12H2,1-2H3. The van der Waals surface area contributed by atoms with E-state index in [0.717, 1.165) is 25.7 Å². The van der Waals surface area contributed by atoms with Gasteiger partial charge in [0.05, 0.1) is 4.90 Å². The topological polar surface area (TPSA) is 57.7 Å². The van der Waals surface area contributed by atoms with Gasteiger partial charge in [0.25, 0.3) is 5.91 Å². The minimum absolute atomic E-state index is 0.0427. The first-order chi connectivity index (χ1) is 11.9. The summed E-state index contributed by atoms with van der Waals surface area (Å²) in [6, 6.07) is 7.00. The predicted octanol–water partition coefficient (Wildman–Crippen LogP) is 2.79. The Morgan fingerprint density at radius 3 is 2.04 bits per heavy atom. The van der Waals surface area contributed by atoms with E-state index >= 15 is 0 Å². The van der Waals surface area contributed by atoms with E-state index < -0.39 is 10.0 Å². The number of allylic oxidation sites excluding steroid dienone is 1. The molecule has 134 valence electrons. The largest absolute Gasteiger partial charge is 0.332 e. The van der Waals surface area contributed by atoms with Crippen LogP contribution in [0.5, 0.6) is 0 Å². The van der Waals surface area contributed by atoms with Crippen molar-refractivity contribution in [2.45, 2.75) is 55.5 Å². The van der Waals surface area contributed by atoms with E-state index in [1.165, 1.54) is 43.4 Å². The molecule has 5 nitrogen and oxygen atoms in total. The molecule has 25 heavy (non-hydrogen) atoms. The van der Waals surface area contributed by atoms with Gasteiger partial charge in [-0.3, -0.25) is 4.79 Å². The van der Waals surface area contributed by atoms with Gasteiger partial charge in [-0.25, -0.2) is 12.7 Å². The van der Waals surface area contributed by atoms with Gasteiger partial charge in [0, 0.05) is 31.7 Å². The fraction of sp³-hybridized carbons (Fsp3) is 0.526. The number of benzene rings is 1. The molecule has 6 heteroatoms. The Kier molecular flexibility index (Phi) is 4.00. The number of amides is 1. The first kappa shape index (κ1) is 16.8. The van der Waals surface area contributed by atoms with Crippen molar-refractivity contribution in [1.82, 2.24) is 9.21 Å². The zero-order valence-electron chi connectivity index (χ0n) is 14.7. The molecule has 4 rings (SSSR count). The lowest BCUT2D eigenvalue weighted by Gasteiger charge is -2.36. The van der Waals surface area contributed by atoms with Crippen LogP contribution in [0.3, 0.4) is 0 Å². The van der Waals surface area contributed by atoms with Crippen LogP contribution in [0.1, 0.15) is 48.9 Å². The number of hydrogen-bond acceptors (Lipinski definition) is 3. The highest BCUT2D eigenvalue weighted by molar-refractivity contribution is 7.89. The Morgan fingerprint density at radius 2 is 1.56 bits per heavy atom.